The molecule has 0 heterocycles. The fourth-order valence-corrected chi connectivity index (χ4v) is 0.616. The van der Waals surface area contributed by atoms with Crippen LogP contribution in [0.2, 0.25) is 0 Å². The van der Waals surface area contributed by atoms with Crippen LogP contribution in [-0.4, -0.2) is 23.3 Å². The van der Waals surface area contributed by atoms with Gasteiger partial charge >= 0.3 is 5.97 Å². The second-order valence-electron chi connectivity index (χ2n) is 3.41. The molecule has 0 aliphatic carbocycles. The molecule has 0 bridgehead atoms. The Morgan fingerprint density at radius 2 is 1.92 bits per heavy atom. The number of carbonyl (C=O) groups is 1. The van der Waals surface area contributed by atoms with Gasteiger partial charge in [-0.25, -0.2) is 0 Å². The highest BCUT2D eigenvalue weighted by Crippen LogP contribution is 2.08. The van der Waals surface area contributed by atoms with Crippen molar-refractivity contribution in [3.8, 4) is 0 Å². The number of aliphatic hydroxyl groups excluding tert-OH is 1. The molecule has 12 heavy (non-hydrogen) atoms. The summed E-state index contributed by atoms with van der Waals surface area (Å²) >= 11 is 0. The van der Waals surface area contributed by atoms with Crippen LogP contribution in [0.5, 0.6) is 0 Å². The molecule has 0 saturated carbocycles. The van der Waals surface area contributed by atoms with Crippen LogP contribution in [0.3, 0.4) is 0 Å². The number of esters is 1. The number of hydrogen-bond acceptors (Lipinski definition) is 3. The van der Waals surface area contributed by atoms with Crippen LogP contribution in [0.25, 0.3) is 0 Å². The molecule has 3 nitrogen and oxygen atoms in total. The van der Waals surface area contributed by atoms with E-state index in [2.05, 4.69) is 0 Å². The van der Waals surface area contributed by atoms with Gasteiger partial charge in [0.15, 0.2) is 0 Å². The summed E-state index contributed by atoms with van der Waals surface area (Å²) in [6, 6.07) is 0. The van der Waals surface area contributed by atoms with E-state index in [1.54, 1.807) is 0 Å². The summed E-state index contributed by atoms with van der Waals surface area (Å²) in [5, 5.41) is 8.41. The highest BCUT2D eigenvalue weighted by atomic mass is 35.5. The van der Waals surface area contributed by atoms with Crippen molar-refractivity contribution in [1.29, 1.82) is 0 Å². The molecule has 0 aliphatic rings. The van der Waals surface area contributed by atoms with Crippen molar-refractivity contribution in [3.63, 3.8) is 0 Å². The van der Waals surface area contributed by atoms with Crippen molar-refractivity contribution in [2.75, 3.05) is 6.61 Å². The van der Waals surface area contributed by atoms with E-state index in [9.17, 15) is 4.79 Å². The minimum atomic E-state index is -0.410. The Bertz CT molecular complexity index is 129. The van der Waals surface area contributed by atoms with E-state index in [1.807, 2.05) is 20.8 Å². The van der Waals surface area contributed by atoms with E-state index < -0.39 is 5.60 Å². The average Bonchev–Trinajstić information content (AvgIpc) is 1.79. The maximum atomic E-state index is 10.9. The lowest BCUT2D eigenvalue weighted by molar-refractivity contribution is -0.155. The van der Waals surface area contributed by atoms with Crippen molar-refractivity contribution in [1.82, 2.24) is 0 Å². The SMILES string of the molecule is CC(C)(C)OC(=O)CCCO.Cl. The van der Waals surface area contributed by atoms with E-state index in [0.29, 0.717) is 12.8 Å². The molecule has 4 heteroatoms. The van der Waals surface area contributed by atoms with E-state index in [-0.39, 0.29) is 25.0 Å². The molecular formula is C8H17ClO3. The molecule has 0 rings (SSSR count). The zero-order valence-electron chi connectivity index (χ0n) is 7.79. The molecule has 0 unspecified atom stereocenters. The number of aliphatic hydroxyl groups is 1. The Balaban J connectivity index is 0. The maximum absolute atomic E-state index is 10.9. The number of hydrogen-bond donors (Lipinski definition) is 1. The summed E-state index contributed by atoms with van der Waals surface area (Å²) in [5.74, 6) is -0.244. The van der Waals surface area contributed by atoms with Crippen molar-refractivity contribution in [2.45, 2.75) is 39.2 Å². The molecule has 0 atom stereocenters. The average molecular weight is 197 g/mol. The number of carbonyl (C=O) groups excluding carboxylic acids is 1. The smallest absolute Gasteiger partial charge is 0.306 e. The minimum Gasteiger partial charge on any atom is -0.460 e. The fraction of sp³-hybridized carbons (Fsp3) is 0.875. The highest BCUT2D eigenvalue weighted by Gasteiger charge is 2.15. The van der Waals surface area contributed by atoms with Crippen LogP contribution < -0.4 is 0 Å². The topological polar surface area (TPSA) is 46.5 Å². The van der Waals surface area contributed by atoms with Gasteiger partial charge in [0.05, 0.1) is 0 Å². The van der Waals surface area contributed by atoms with Gasteiger partial charge in [-0.2, -0.15) is 0 Å². The molecule has 0 aromatic carbocycles. The van der Waals surface area contributed by atoms with Gasteiger partial charge in [-0.15, -0.1) is 12.4 Å². The van der Waals surface area contributed by atoms with Crippen molar-refractivity contribution >= 4 is 18.4 Å². The van der Waals surface area contributed by atoms with Gasteiger partial charge in [-0.3, -0.25) is 4.79 Å². The first-order valence-corrected chi connectivity index (χ1v) is 3.78. The summed E-state index contributed by atoms with van der Waals surface area (Å²) < 4.78 is 4.99. The fourth-order valence-electron chi connectivity index (χ4n) is 0.616. The second-order valence-corrected chi connectivity index (χ2v) is 3.41. The summed E-state index contributed by atoms with van der Waals surface area (Å²) in [6.07, 6.45) is 0.780. The Hall–Kier alpha value is -0.280. The van der Waals surface area contributed by atoms with Crippen LogP contribution in [0.15, 0.2) is 0 Å². The predicted molar refractivity (Wildman–Crippen MR) is 49.4 cm³/mol. The Labute approximate surface area is 79.5 Å². The standard InChI is InChI=1S/C8H16O3.ClH/c1-8(2,3)11-7(10)5-4-6-9;/h9H,4-6H2,1-3H3;1H. The lowest BCUT2D eigenvalue weighted by atomic mass is 10.2. The first kappa shape index (κ1) is 14.3. The first-order chi connectivity index (χ1) is 4.95. The molecule has 0 fully saturated rings. The molecular weight excluding hydrogens is 180 g/mol. The Kier molecular flexibility index (Phi) is 7.44. The molecule has 0 saturated heterocycles. The van der Waals surface area contributed by atoms with Gasteiger partial charge in [-0.05, 0) is 27.2 Å². The van der Waals surface area contributed by atoms with Gasteiger partial charge in [0.2, 0.25) is 0 Å². The third kappa shape index (κ3) is 9.72. The molecule has 0 aromatic heterocycles. The predicted octanol–water partition coefficient (Wildman–Crippen LogP) is 1.52. The third-order valence-corrected chi connectivity index (χ3v) is 0.959. The third-order valence-electron chi connectivity index (χ3n) is 0.959. The molecule has 0 aliphatic heterocycles. The zero-order chi connectivity index (χ0) is 8.91. The molecule has 0 amide bonds. The van der Waals surface area contributed by atoms with Crippen LogP contribution in [0, 0.1) is 0 Å². The molecule has 0 spiro atoms. The molecule has 0 radical (unpaired) electrons. The van der Waals surface area contributed by atoms with Crippen molar-refractivity contribution < 1.29 is 14.6 Å². The monoisotopic (exact) mass is 196 g/mol. The maximum Gasteiger partial charge on any atom is 0.306 e. The van der Waals surface area contributed by atoms with Crippen LogP contribution in [0.4, 0.5) is 0 Å². The zero-order valence-corrected chi connectivity index (χ0v) is 8.61. The number of rotatable bonds is 3. The lowest BCUT2D eigenvalue weighted by Crippen LogP contribution is -2.23. The second kappa shape index (κ2) is 6.26. The van der Waals surface area contributed by atoms with Crippen molar-refractivity contribution in [3.05, 3.63) is 0 Å². The van der Waals surface area contributed by atoms with Gasteiger partial charge in [0, 0.05) is 13.0 Å². The lowest BCUT2D eigenvalue weighted by Gasteiger charge is -2.19. The van der Waals surface area contributed by atoms with E-state index >= 15 is 0 Å². The summed E-state index contributed by atoms with van der Waals surface area (Å²) in [5.41, 5.74) is -0.410. The number of ether oxygens (including phenoxy) is 1. The summed E-state index contributed by atoms with van der Waals surface area (Å²) in [6.45, 7) is 5.51. The Morgan fingerprint density at radius 3 is 2.25 bits per heavy atom. The van der Waals surface area contributed by atoms with Gasteiger partial charge < -0.3 is 9.84 Å². The van der Waals surface area contributed by atoms with Gasteiger partial charge in [-0.1, -0.05) is 0 Å². The number of halogens is 1. The van der Waals surface area contributed by atoms with Crippen LogP contribution >= 0.6 is 12.4 Å². The molecule has 1 N–H and O–H groups in total. The Morgan fingerprint density at radius 1 is 1.42 bits per heavy atom. The minimum absolute atomic E-state index is 0. The highest BCUT2D eigenvalue weighted by molar-refractivity contribution is 5.85. The van der Waals surface area contributed by atoms with Gasteiger partial charge in [0.25, 0.3) is 0 Å². The van der Waals surface area contributed by atoms with Crippen LogP contribution in [0.1, 0.15) is 33.6 Å². The quantitative estimate of drug-likeness (QED) is 0.697. The normalized spacial score (nSPS) is 10.3. The first-order valence-electron chi connectivity index (χ1n) is 3.78. The van der Waals surface area contributed by atoms with Crippen LogP contribution in [-0.2, 0) is 9.53 Å². The molecule has 74 valence electrons. The van der Waals surface area contributed by atoms with E-state index in [0.717, 1.165) is 0 Å². The van der Waals surface area contributed by atoms with E-state index in [1.165, 1.54) is 0 Å². The van der Waals surface area contributed by atoms with Gasteiger partial charge in [0.1, 0.15) is 5.60 Å². The molecule has 0 aromatic rings. The summed E-state index contributed by atoms with van der Waals surface area (Å²) in [7, 11) is 0. The van der Waals surface area contributed by atoms with E-state index in [4.69, 9.17) is 9.84 Å². The largest absolute Gasteiger partial charge is 0.460 e. The summed E-state index contributed by atoms with van der Waals surface area (Å²) in [4.78, 5) is 10.9. The van der Waals surface area contributed by atoms with Crippen molar-refractivity contribution in [2.24, 2.45) is 0 Å².